The molecule has 0 spiro atoms. The fourth-order valence-corrected chi connectivity index (χ4v) is 2.80. The summed E-state index contributed by atoms with van der Waals surface area (Å²) in [6, 6.07) is 10.8. The predicted octanol–water partition coefficient (Wildman–Crippen LogP) is 3.37. The minimum absolute atomic E-state index is 0.0962. The molecule has 2 rings (SSSR count). The lowest BCUT2D eigenvalue weighted by atomic mass is 10.1. The van der Waals surface area contributed by atoms with Crippen LogP contribution in [0.15, 0.2) is 36.4 Å². The van der Waals surface area contributed by atoms with Crippen molar-refractivity contribution in [2.45, 2.75) is 13.2 Å². The van der Waals surface area contributed by atoms with Gasteiger partial charge >= 0.3 is 0 Å². The summed E-state index contributed by atoms with van der Waals surface area (Å²) >= 11 is 9.18. The molecule has 0 aliphatic carbocycles. The highest BCUT2D eigenvalue weighted by atomic mass is 32.1. The van der Waals surface area contributed by atoms with Gasteiger partial charge in [0.1, 0.15) is 11.5 Å². The first-order valence-electron chi connectivity index (χ1n) is 7.23. The van der Waals surface area contributed by atoms with Crippen LogP contribution in [0.1, 0.15) is 22.3 Å². The lowest BCUT2D eigenvalue weighted by Gasteiger charge is -2.12. The van der Waals surface area contributed by atoms with Crippen molar-refractivity contribution in [1.82, 2.24) is 0 Å². The highest BCUT2D eigenvalue weighted by Crippen LogP contribution is 2.35. The Balaban J connectivity index is 2.55. The molecule has 0 saturated carbocycles. The summed E-state index contributed by atoms with van der Waals surface area (Å²) in [5, 5.41) is 18.8. The second-order valence-corrected chi connectivity index (χ2v) is 6.05. The normalized spacial score (nSPS) is 11.9. The molecule has 24 heavy (non-hydrogen) atoms. The Morgan fingerprint density at radius 1 is 0.750 bits per heavy atom. The largest absolute Gasteiger partial charge is 0.497 e. The maximum Gasteiger partial charge on any atom is 0.119 e. The highest BCUT2D eigenvalue weighted by molar-refractivity contribution is 7.96. The molecule has 0 heterocycles. The third-order valence-corrected chi connectivity index (χ3v) is 4.68. The Bertz CT molecular complexity index is 649. The Morgan fingerprint density at radius 2 is 1.12 bits per heavy atom. The maximum atomic E-state index is 9.40. The van der Waals surface area contributed by atoms with Crippen LogP contribution in [0.5, 0.6) is 11.5 Å². The van der Waals surface area contributed by atoms with E-state index >= 15 is 0 Å². The molecule has 0 aliphatic heterocycles. The molecule has 2 aromatic carbocycles. The molecule has 0 unspecified atom stereocenters. The minimum atomic E-state index is -0.0962. The second kappa shape index (κ2) is 8.48. The van der Waals surface area contributed by atoms with Gasteiger partial charge in [0.2, 0.25) is 0 Å². The summed E-state index contributed by atoms with van der Waals surface area (Å²) in [5.74, 6) is 1.26. The lowest BCUT2D eigenvalue weighted by Crippen LogP contribution is -1.93. The van der Waals surface area contributed by atoms with Crippen molar-refractivity contribution in [3.05, 3.63) is 58.7 Å². The van der Waals surface area contributed by atoms with Crippen LogP contribution < -0.4 is 9.47 Å². The summed E-state index contributed by atoms with van der Waals surface area (Å²) in [6.07, 6.45) is 0. The van der Waals surface area contributed by atoms with E-state index in [9.17, 15) is 10.2 Å². The standard InChI is InChI=1S/C18H20O4S2/c1-21-15-5-11(9-19)3-13(7-15)17(23)18(24)14-4-12(10-20)6-16(8-14)22-2/h3-8,19-20,23-24H,9-10H2,1-2H3. The van der Waals surface area contributed by atoms with E-state index in [4.69, 9.17) is 9.47 Å². The topological polar surface area (TPSA) is 58.9 Å². The Kier molecular flexibility index (Phi) is 6.62. The van der Waals surface area contributed by atoms with Crippen molar-refractivity contribution in [2.75, 3.05) is 14.2 Å². The van der Waals surface area contributed by atoms with E-state index in [2.05, 4.69) is 25.3 Å². The third-order valence-electron chi connectivity index (χ3n) is 3.54. The van der Waals surface area contributed by atoms with Gasteiger partial charge in [-0.05, 0) is 58.7 Å². The van der Waals surface area contributed by atoms with Gasteiger partial charge in [-0.15, -0.1) is 25.3 Å². The number of thiol groups is 2. The van der Waals surface area contributed by atoms with E-state index in [1.165, 1.54) is 0 Å². The third kappa shape index (κ3) is 4.27. The van der Waals surface area contributed by atoms with Crippen molar-refractivity contribution >= 4 is 35.1 Å². The fourth-order valence-electron chi connectivity index (χ4n) is 2.29. The Labute approximate surface area is 152 Å². The van der Waals surface area contributed by atoms with Gasteiger partial charge < -0.3 is 19.7 Å². The summed E-state index contributed by atoms with van der Waals surface area (Å²) in [4.78, 5) is 1.26. The first-order chi connectivity index (χ1) is 11.5. The first kappa shape index (κ1) is 18.7. The number of aliphatic hydroxyl groups is 2. The summed E-state index contributed by atoms with van der Waals surface area (Å²) in [6.45, 7) is -0.192. The number of ether oxygens (including phenoxy) is 2. The van der Waals surface area contributed by atoms with Crippen LogP contribution in [-0.2, 0) is 13.2 Å². The van der Waals surface area contributed by atoms with Crippen LogP contribution in [0.25, 0.3) is 9.81 Å². The summed E-state index contributed by atoms with van der Waals surface area (Å²) in [7, 11) is 3.14. The number of rotatable bonds is 6. The van der Waals surface area contributed by atoms with E-state index in [1.807, 2.05) is 24.3 Å². The van der Waals surface area contributed by atoms with Gasteiger partial charge in [-0.1, -0.05) is 0 Å². The van der Waals surface area contributed by atoms with E-state index < -0.39 is 0 Å². The molecular formula is C18H20O4S2. The van der Waals surface area contributed by atoms with Crippen LogP contribution >= 0.6 is 25.3 Å². The monoisotopic (exact) mass is 364 g/mol. The van der Waals surface area contributed by atoms with Crippen molar-refractivity contribution in [2.24, 2.45) is 0 Å². The van der Waals surface area contributed by atoms with E-state index in [1.54, 1.807) is 26.4 Å². The van der Waals surface area contributed by atoms with Crippen LogP contribution in [0.3, 0.4) is 0 Å². The molecule has 0 fully saturated rings. The Morgan fingerprint density at radius 3 is 1.42 bits per heavy atom. The molecule has 0 radical (unpaired) electrons. The van der Waals surface area contributed by atoms with E-state index in [0.29, 0.717) is 21.3 Å². The first-order valence-corrected chi connectivity index (χ1v) is 8.12. The molecule has 0 aliphatic rings. The molecule has 128 valence electrons. The van der Waals surface area contributed by atoms with Gasteiger partial charge in [0.05, 0.1) is 27.4 Å². The zero-order valence-corrected chi connectivity index (χ0v) is 15.3. The average molecular weight is 364 g/mol. The maximum absolute atomic E-state index is 9.40. The number of benzene rings is 2. The van der Waals surface area contributed by atoms with E-state index in [0.717, 1.165) is 22.3 Å². The average Bonchev–Trinajstić information content (AvgIpc) is 2.65. The molecule has 6 heteroatoms. The molecule has 0 aromatic heterocycles. The number of hydrogen-bond acceptors (Lipinski definition) is 6. The molecule has 2 N–H and O–H groups in total. The van der Waals surface area contributed by atoms with Crippen molar-refractivity contribution in [3.63, 3.8) is 0 Å². The SMILES string of the molecule is COc1cc(CO)cc(C(S)=C(S)c2cc(CO)cc(OC)c2)c1. The fraction of sp³-hybridized carbons (Fsp3) is 0.222. The van der Waals surface area contributed by atoms with Gasteiger partial charge in [0.15, 0.2) is 0 Å². The smallest absolute Gasteiger partial charge is 0.119 e. The molecule has 0 saturated heterocycles. The van der Waals surface area contributed by atoms with Gasteiger partial charge in [0, 0.05) is 9.81 Å². The quantitative estimate of drug-likeness (QED) is 0.469. The van der Waals surface area contributed by atoms with Crippen LogP contribution in [0.2, 0.25) is 0 Å². The molecule has 0 atom stereocenters. The van der Waals surface area contributed by atoms with Crippen molar-refractivity contribution in [3.8, 4) is 11.5 Å². The van der Waals surface area contributed by atoms with Gasteiger partial charge in [-0.3, -0.25) is 0 Å². The van der Waals surface area contributed by atoms with Gasteiger partial charge in [0.25, 0.3) is 0 Å². The highest BCUT2D eigenvalue weighted by Gasteiger charge is 2.10. The number of methoxy groups -OCH3 is 2. The Hall–Kier alpha value is -1.60. The summed E-state index contributed by atoms with van der Waals surface area (Å²) in [5.41, 5.74) is 3.00. The van der Waals surface area contributed by atoms with E-state index in [-0.39, 0.29) is 13.2 Å². The molecule has 2 aromatic rings. The zero-order valence-electron chi connectivity index (χ0n) is 13.5. The van der Waals surface area contributed by atoms with Crippen molar-refractivity contribution in [1.29, 1.82) is 0 Å². The minimum Gasteiger partial charge on any atom is -0.497 e. The second-order valence-electron chi connectivity index (χ2n) is 5.15. The van der Waals surface area contributed by atoms with Crippen molar-refractivity contribution < 1.29 is 19.7 Å². The van der Waals surface area contributed by atoms with Crippen LogP contribution in [0, 0.1) is 0 Å². The van der Waals surface area contributed by atoms with Gasteiger partial charge in [-0.2, -0.15) is 0 Å². The molecule has 0 bridgehead atoms. The molecule has 4 nitrogen and oxygen atoms in total. The van der Waals surface area contributed by atoms with Crippen LogP contribution in [-0.4, -0.2) is 24.4 Å². The zero-order chi connectivity index (χ0) is 17.7. The van der Waals surface area contributed by atoms with Crippen LogP contribution in [0.4, 0.5) is 0 Å². The molecular weight excluding hydrogens is 344 g/mol. The lowest BCUT2D eigenvalue weighted by molar-refractivity contribution is 0.280. The number of aliphatic hydroxyl groups excluding tert-OH is 2. The van der Waals surface area contributed by atoms with Gasteiger partial charge in [-0.25, -0.2) is 0 Å². The predicted molar refractivity (Wildman–Crippen MR) is 103 cm³/mol. The number of hydrogen-bond donors (Lipinski definition) is 4. The molecule has 0 amide bonds. The summed E-state index contributed by atoms with van der Waals surface area (Å²) < 4.78 is 10.5.